The number of rotatable bonds is 1. The van der Waals surface area contributed by atoms with E-state index in [1.165, 1.54) is 6.20 Å². The van der Waals surface area contributed by atoms with Gasteiger partial charge in [0, 0.05) is 22.7 Å². The van der Waals surface area contributed by atoms with Crippen LogP contribution in [-0.4, -0.2) is 15.2 Å². The number of H-pyrrole nitrogens is 2. The van der Waals surface area contributed by atoms with Gasteiger partial charge in [-0.2, -0.15) is 18.3 Å². The lowest BCUT2D eigenvalue weighted by atomic mass is 10.0. The van der Waals surface area contributed by atoms with Crippen LogP contribution >= 0.6 is 0 Å². The third-order valence-electron chi connectivity index (χ3n) is 2.94. The number of fused-ring (bicyclic) bond motifs is 1. The number of benzene rings is 1. The Hall–Kier alpha value is -2.44. The quantitative estimate of drug-likeness (QED) is 0.633. The molecule has 0 radical (unpaired) electrons. The van der Waals surface area contributed by atoms with Crippen molar-refractivity contribution in [2.45, 2.75) is 6.18 Å². The molecule has 0 saturated carbocycles. The van der Waals surface area contributed by atoms with E-state index in [2.05, 4.69) is 10.1 Å². The number of nitrogen functional groups attached to an aromatic ring is 1. The van der Waals surface area contributed by atoms with Crippen molar-refractivity contribution in [2.75, 3.05) is 5.73 Å². The monoisotopic (exact) mass is 266 g/mol. The zero-order chi connectivity index (χ0) is 13.6. The van der Waals surface area contributed by atoms with Gasteiger partial charge in [-0.3, -0.25) is 5.10 Å². The standard InChI is InChI=1S/C12H9F3N4/c13-12(14,15)10-9(11(16)19-18-10)7-5-17-8-4-2-1-3-6(7)8/h1-5,17H,(H3,16,18,19). The van der Waals surface area contributed by atoms with Crippen LogP contribution in [-0.2, 0) is 6.18 Å². The molecule has 0 aliphatic heterocycles. The first-order valence-corrected chi connectivity index (χ1v) is 5.46. The van der Waals surface area contributed by atoms with Crippen LogP contribution < -0.4 is 5.73 Å². The molecule has 0 fully saturated rings. The van der Waals surface area contributed by atoms with E-state index >= 15 is 0 Å². The average molecular weight is 266 g/mol. The van der Waals surface area contributed by atoms with Gasteiger partial charge in [-0.05, 0) is 6.07 Å². The van der Waals surface area contributed by atoms with E-state index in [0.29, 0.717) is 10.9 Å². The molecule has 4 nitrogen and oxygen atoms in total. The van der Waals surface area contributed by atoms with Gasteiger partial charge in [0.2, 0.25) is 0 Å². The third-order valence-corrected chi connectivity index (χ3v) is 2.94. The van der Waals surface area contributed by atoms with Crippen LogP contribution in [0, 0.1) is 0 Å². The van der Waals surface area contributed by atoms with Crippen molar-refractivity contribution >= 4 is 16.7 Å². The summed E-state index contributed by atoms with van der Waals surface area (Å²) >= 11 is 0. The second-order valence-corrected chi connectivity index (χ2v) is 4.10. The maximum Gasteiger partial charge on any atom is 0.433 e. The van der Waals surface area contributed by atoms with Crippen LogP contribution in [0.4, 0.5) is 19.0 Å². The Balaban J connectivity index is 2.31. The van der Waals surface area contributed by atoms with Gasteiger partial charge in [0.05, 0.1) is 5.56 Å². The maximum atomic E-state index is 12.9. The van der Waals surface area contributed by atoms with Gasteiger partial charge in [-0.25, -0.2) is 0 Å². The lowest BCUT2D eigenvalue weighted by molar-refractivity contribution is -0.140. The van der Waals surface area contributed by atoms with Gasteiger partial charge in [0.25, 0.3) is 0 Å². The number of anilines is 1. The lowest BCUT2D eigenvalue weighted by Crippen LogP contribution is -2.07. The summed E-state index contributed by atoms with van der Waals surface area (Å²) in [5.41, 5.74) is 5.63. The number of nitrogens with one attached hydrogen (secondary N) is 2. The summed E-state index contributed by atoms with van der Waals surface area (Å²) in [7, 11) is 0. The van der Waals surface area contributed by atoms with E-state index < -0.39 is 11.9 Å². The summed E-state index contributed by atoms with van der Waals surface area (Å²) in [6.07, 6.45) is -3.03. The Kier molecular flexibility index (Phi) is 2.31. The molecule has 2 aromatic heterocycles. The fourth-order valence-electron chi connectivity index (χ4n) is 2.11. The van der Waals surface area contributed by atoms with Crippen LogP contribution in [0.5, 0.6) is 0 Å². The van der Waals surface area contributed by atoms with Crippen LogP contribution in [0.3, 0.4) is 0 Å². The lowest BCUT2D eigenvalue weighted by Gasteiger charge is -2.06. The molecule has 0 saturated heterocycles. The molecule has 0 spiro atoms. The average Bonchev–Trinajstić information content (AvgIpc) is 2.91. The normalized spacial score (nSPS) is 12.2. The van der Waals surface area contributed by atoms with Crippen molar-refractivity contribution in [1.82, 2.24) is 15.2 Å². The second-order valence-electron chi connectivity index (χ2n) is 4.10. The van der Waals surface area contributed by atoms with Crippen LogP contribution in [0.2, 0.25) is 0 Å². The van der Waals surface area contributed by atoms with Gasteiger partial charge >= 0.3 is 6.18 Å². The van der Waals surface area contributed by atoms with Crippen molar-refractivity contribution in [2.24, 2.45) is 0 Å². The molecule has 7 heteroatoms. The van der Waals surface area contributed by atoms with Gasteiger partial charge in [-0.1, -0.05) is 18.2 Å². The third kappa shape index (κ3) is 1.74. The number of para-hydroxylation sites is 1. The van der Waals surface area contributed by atoms with Crippen LogP contribution in [0.1, 0.15) is 5.69 Å². The van der Waals surface area contributed by atoms with E-state index in [4.69, 9.17) is 5.73 Å². The van der Waals surface area contributed by atoms with Crippen LogP contribution in [0.15, 0.2) is 30.5 Å². The summed E-state index contributed by atoms with van der Waals surface area (Å²) < 4.78 is 38.8. The molecule has 19 heavy (non-hydrogen) atoms. The number of nitrogens with zero attached hydrogens (tertiary/aromatic N) is 1. The van der Waals surface area contributed by atoms with Gasteiger partial charge in [-0.15, -0.1) is 0 Å². The number of halogens is 3. The Bertz CT molecular complexity index is 739. The fourth-order valence-corrected chi connectivity index (χ4v) is 2.11. The van der Waals surface area contributed by atoms with Crippen molar-refractivity contribution in [3.8, 4) is 11.1 Å². The second kappa shape index (κ2) is 3.78. The Morgan fingerprint density at radius 2 is 1.89 bits per heavy atom. The summed E-state index contributed by atoms with van der Waals surface area (Å²) in [5.74, 6) is -0.169. The number of hydrogen-bond acceptors (Lipinski definition) is 2. The van der Waals surface area contributed by atoms with E-state index in [9.17, 15) is 13.2 Å². The molecule has 4 N–H and O–H groups in total. The van der Waals surface area contributed by atoms with Crippen molar-refractivity contribution in [3.05, 3.63) is 36.2 Å². The van der Waals surface area contributed by atoms with Crippen LogP contribution in [0.25, 0.3) is 22.0 Å². The van der Waals surface area contributed by atoms with Crippen molar-refractivity contribution in [1.29, 1.82) is 0 Å². The Morgan fingerprint density at radius 3 is 2.63 bits per heavy atom. The summed E-state index contributed by atoms with van der Waals surface area (Å²) in [6.45, 7) is 0. The number of aromatic nitrogens is 3. The fraction of sp³-hybridized carbons (Fsp3) is 0.0833. The predicted octanol–water partition coefficient (Wildman–Crippen LogP) is 3.16. The van der Waals surface area contributed by atoms with Gasteiger partial charge in [0.1, 0.15) is 5.69 Å². The molecule has 98 valence electrons. The minimum Gasteiger partial charge on any atom is -0.382 e. The maximum absolute atomic E-state index is 12.9. The van der Waals surface area contributed by atoms with Crippen molar-refractivity contribution in [3.63, 3.8) is 0 Å². The van der Waals surface area contributed by atoms with E-state index in [1.54, 1.807) is 24.3 Å². The summed E-state index contributed by atoms with van der Waals surface area (Å²) in [6, 6.07) is 7.06. The first-order valence-electron chi connectivity index (χ1n) is 5.46. The Morgan fingerprint density at radius 1 is 1.16 bits per heavy atom. The molecule has 0 aliphatic carbocycles. The Labute approximate surface area is 105 Å². The number of alkyl halides is 3. The number of hydrogen-bond donors (Lipinski definition) is 3. The molecular weight excluding hydrogens is 257 g/mol. The molecule has 0 aliphatic rings. The van der Waals surface area contributed by atoms with Gasteiger partial charge in [0.15, 0.2) is 5.82 Å². The largest absolute Gasteiger partial charge is 0.433 e. The van der Waals surface area contributed by atoms with E-state index in [1.807, 2.05) is 5.10 Å². The molecule has 3 aromatic rings. The predicted molar refractivity (Wildman–Crippen MR) is 65.3 cm³/mol. The highest BCUT2D eigenvalue weighted by molar-refractivity contribution is 5.98. The first kappa shape index (κ1) is 11.6. The molecular formula is C12H9F3N4. The molecule has 2 heterocycles. The minimum atomic E-state index is -4.53. The topological polar surface area (TPSA) is 70.5 Å². The summed E-state index contributed by atoms with van der Waals surface area (Å²) in [5, 5.41) is 6.09. The van der Waals surface area contributed by atoms with E-state index in [-0.39, 0.29) is 11.4 Å². The molecule has 1 aromatic carbocycles. The highest BCUT2D eigenvalue weighted by atomic mass is 19.4. The first-order chi connectivity index (χ1) is 8.98. The number of aromatic amines is 2. The molecule has 0 atom stereocenters. The highest BCUT2D eigenvalue weighted by Crippen LogP contribution is 2.40. The van der Waals surface area contributed by atoms with Crippen molar-refractivity contribution < 1.29 is 13.2 Å². The number of nitrogens with two attached hydrogens (primary N) is 1. The zero-order valence-electron chi connectivity index (χ0n) is 9.55. The highest BCUT2D eigenvalue weighted by Gasteiger charge is 2.37. The molecule has 0 unspecified atom stereocenters. The van der Waals surface area contributed by atoms with Gasteiger partial charge < -0.3 is 10.7 Å². The zero-order valence-corrected chi connectivity index (χ0v) is 9.55. The molecule has 0 amide bonds. The summed E-state index contributed by atoms with van der Waals surface area (Å²) in [4.78, 5) is 2.92. The minimum absolute atomic E-state index is 0.120. The molecule has 0 bridgehead atoms. The smallest absolute Gasteiger partial charge is 0.382 e. The SMILES string of the molecule is Nc1n[nH]c(C(F)(F)F)c1-c1c[nH]c2ccccc12. The molecule has 3 rings (SSSR count). The van der Waals surface area contributed by atoms with E-state index in [0.717, 1.165) is 5.52 Å².